The number of nitriles is 1. The molecule has 0 aliphatic rings. The maximum Gasteiger partial charge on any atom is 0.235 e. The number of amides is 1. The molecule has 0 bridgehead atoms. The van der Waals surface area contributed by atoms with E-state index in [1.807, 2.05) is 42.5 Å². The number of hydrogen-bond donors (Lipinski definition) is 1. The van der Waals surface area contributed by atoms with Crippen molar-refractivity contribution < 1.29 is 4.79 Å². The van der Waals surface area contributed by atoms with Crippen molar-refractivity contribution in [3.8, 4) is 17.3 Å². The molecule has 8 heteroatoms. The number of anilines is 1. The van der Waals surface area contributed by atoms with Gasteiger partial charge in [0.1, 0.15) is 28.8 Å². The number of thioether (sulfide) groups is 1. The van der Waals surface area contributed by atoms with Crippen LogP contribution in [0.5, 0.6) is 0 Å². The molecule has 0 saturated carbocycles. The summed E-state index contributed by atoms with van der Waals surface area (Å²) in [5.41, 5.74) is 2.12. The van der Waals surface area contributed by atoms with Crippen molar-refractivity contribution in [3.05, 3.63) is 54.5 Å². The molecule has 124 valence electrons. The number of aryl methyl sites for hydroxylation is 1. The first kappa shape index (κ1) is 16.7. The fourth-order valence-electron chi connectivity index (χ4n) is 2.16. The summed E-state index contributed by atoms with van der Waals surface area (Å²) in [7, 11) is 1.67. The standard InChI is InChI=1S/C17H14N6OS/c1-23-17(13(8-18)9-21-23)22-15(24)10-25-16-7-14(19-11-20-16)12-5-3-2-4-6-12/h2-7,9,11H,10H2,1H3,(H,22,24). The van der Waals surface area contributed by atoms with E-state index in [1.54, 1.807) is 7.05 Å². The quantitative estimate of drug-likeness (QED) is 0.561. The molecule has 0 aliphatic carbocycles. The average molecular weight is 350 g/mol. The van der Waals surface area contributed by atoms with Gasteiger partial charge < -0.3 is 5.32 Å². The van der Waals surface area contributed by atoms with Crippen LogP contribution in [0.25, 0.3) is 11.3 Å². The van der Waals surface area contributed by atoms with Gasteiger partial charge in [-0.25, -0.2) is 9.97 Å². The highest BCUT2D eigenvalue weighted by Gasteiger charge is 2.12. The van der Waals surface area contributed by atoms with Crippen molar-refractivity contribution in [2.24, 2.45) is 7.05 Å². The van der Waals surface area contributed by atoms with Crippen LogP contribution in [0.2, 0.25) is 0 Å². The number of hydrogen-bond acceptors (Lipinski definition) is 6. The Labute approximate surface area is 148 Å². The van der Waals surface area contributed by atoms with Crippen molar-refractivity contribution in [3.63, 3.8) is 0 Å². The molecule has 2 aromatic heterocycles. The molecule has 2 heterocycles. The van der Waals surface area contributed by atoms with Gasteiger partial charge in [0.25, 0.3) is 0 Å². The maximum absolute atomic E-state index is 12.1. The minimum Gasteiger partial charge on any atom is -0.309 e. The Kier molecular flexibility index (Phi) is 5.06. The molecule has 0 aliphatic heterocycles. The summed E-state index contributed by atoms with van der Waals surface area (Å²) in [6, 6.07) is 13.6. The van der Waals surface area contributed by atoms with Gasteiger partial charge in [0.2, 0.25) is 5.91 Å². The Morgan fingerprint density at radius 1 is 1.32 bits per heavy atom. The van der Waals surface area contributed by atoms with Crippen molar-refractivity contribution >= 4 is 23.5 Å². The second kappa shape index (κ2) is 7.59. The Bertz CT molecular complexity index is 932. The van der Waals surface area contributed by atoms with Crippen LogP contribution in [0, 0.1) is 11.3 Å². The average Bonchev–Trinajstić information content (AvgIpc) is 3.01. The van der Waals surface area contributed by atoms with E-state index >= 15 is 0 Å². The van der Waals surface area contributed by atoms with Gasteiger partial charge in [-0.1, -0.05) is 42.1 Å². The van der Waals surface area contributed by atoms with Crippen LogP contribution in [0.4, 0.5) is 5.82 Å². The Balaban J connectivity index is 1.65. The van der Waals surface area contributed by atoms with Crippen molar-refractivity contribution in [1.29, 1.82) is 5.26 Å². The third-order valence-electron chi connectivity index (χ3n) is 3.38. The van der Waals surface area contributed by atoms with Gasteiger partial charge in [-0.3, -0.25) is 9.48 Å². The van der Waals surface area contributed by atoms with E-state index in [0.29, 0.717) is 16.4 Å². The Morgan fingerprint density at radius 3 is 2.88 bits per heavy atom. The molecule has 7 nitrogen and oxygen atoms in total. The maximum atomic E-state index is 12.1. The molecule has 0 fully saturated rings. The molecule has 25 heavy (non-hydrogen) atoms. The topological polar surface area (TPSA) is 96.5 Å². The largest absolute Gasteiger partial charge is 0.309 e. The number of nitrogens with zero attached hydrogens (tertiary/aromatic N) is 5. The number of aromatic nitrogens is 4. The lowest BCUT2D eigenvalue weighted by Crippen LogP contribution is -2.17. The Morgan fingerprint density at radius 2 is 2.12 bits per heavy atom. The van der Waals surface area contributed by atoms with E-state index < -0.39 is 0 Å². The first-order chi connectivity index (χ1) is 12.2. The van der Waals surface area contributed by atoms with Crippen LogP contribution in [-0.4, -0.2) is 31.4 Å². The summed E-state index contributed by atoms with van der Waals surface area (Å²) < 4.78 is 1.46. The van der Waals surface area contributed by atoms with Gasteiger partial charge >= 0.3 is 0 Å². The normalized spacial score (nSPS) is 10.2. The molecular formula is C17H14N6OS. The summed E-state index contributed by atoms with van der Waals surface area (Å²) in [5, 5.41) is 16.4. The highest BCUT2D eigenvalue weighted by molar-refractivity contribution is 7.99. The van der Waals surface area contributed by atoms with Gasteiger partial charge in [0.05, 0.1) is 17.6 Å². The van der Waals surface area contributed by atoms with Crippen molar-refractivity contribution in [2.45, 2.75) is 5.03 Å². The number of benzene rings is 1. The number of carbonyl (C=O) groups excluding carboxylic acids is 1. The monoisotopic (exact) mass is 350 g/mol. The van der Waals surface area contributed by atoms with E-state index in [-0.39, 0.29) is 11.7 Å². The van der Waals surface area contributed by atoms with Gasteiger partial charge in [-0.2, -0.15) is 10.4 Å². The third-order valence-corrected chi connectivity index (χ3v) is 4.31. The summed E-state index contributed by atoms with van der Waals surface area (Å²) in [6.07, 6.45) is 2.90. The molecule has 1 N–H and O–H groups in total. The van der Waals surface area contributed by atoms with Crippen LogP contribution >= 0.6 is 11.8 Å². The molecule has 0 unspecified atom stereocenters. The van der Waals surface area contributed by atoms with E-state index in [4.69, 9.17) is 5.26 Å². The Hall–Kier alpha value is -3.18. The van der Waals surface area contributed by atoms with Crippen molar-refractivity contribution in [2.75, 3.05) is 11.1 Å². The van der Waals surface area contributed by atoms with Gasteiger partial charge in [0, 0.05) is 12.6 Å². The minimum atomic E-state index is -0.232. The molecule has 0 atom stereocenters. The van der Waals surface area contributed by atoms with Crippen LogP contribution in [-0.2, 0) is 11.8 Å². The zero-order valence-corrected chi connectivity index (χ0v) is 14.2. The number of rotatable bonds is 5. The smallest absolute Gasteiger partial charge is 0.235 e. The molecular weight excluding hydrogens is 336 g/mol. The van der Waals surface area contributed by atoms with Crippen LogP contribution < -0.4 is 5.32 Å². The van der Waals surface area contributed by atoms with E-state index in [9.17, 15) is 4.79 Å². The minimum absolute atomic E-state index is 0.168. The summed E-state index contributed by atoms with van der Waals surface area (Å²) >= 11 is 1.30. The fraction of sp³-hybridized carbons (Fsp3) is 0.118. The summed E-state index contributed by atoms with van der Waals surface area (Å²) in [6.45, 7) is 0. The molecule has 0 saturated heterocycles. The third kappa shape index (κ3) is 4.02. The molecule has 1 aromatic carbocycles. The first-order valence-corrected chi connectivity index (χ1v) is 8.38. The molecule has 3 rings (SSSR count). The van der Waals surface area contributed by atoms with Crippen LogP contribution in [0.15, 0.2) is 53.9 Å². The van der Waals surface area contributed by atoms with Gasteiger partial charge in [0.15, 0.2) is 0 Å². The number of nitrogens with one attached hydrogen (secondary N) is 1. The summed E-state index contributed by atoms with van der Waals surface area (Å²) in [4.78, 5) is 20.6. The lowest BCUT2D eigenvalue weighted by molar-refractivity contribution is -0.113. The molecule has 0 radical (unpaired) electrons. The zero-order chi connectivity index (χ0) is 17.6. The highest BCUT2D eigenvalue weighted by atomic mass is 32.2. The van der Waals surface area contributed by atoms with Crippen LogP contribution in [0.3, 0.4) is 0 Å². The van der Waals surface area contributed by atoms with E-state index in [2.05, 4.69) is 20.4 Å². The summed E-state index contributed by atoms with van der Waals surface area (Å²) in [5.74, 6) is 0.326. The van der Waals surface area contributed by atoms with Gasteiger partial charge in [-0.05, 0) is 6.07 Å². The molecule has 3 aromatic rings. The van der Waals surface area contributed by atoms with Gasteiger partial charge in [-0.15, -0.1) is 0 Å². The molecule has 0 spiro atoms. The SMILES string of the molecule is Cn1ncc(C#N)c1NC(=O)CSc1cc(-c2ccccc2)ncn1. The predicted octanol–water partition coefficient (Wildman–Crippen LogP) is 2.48. The number of carbonyl (C=O) groups is 1. The zero-order valence-electron chi connectivity index (χ0n) is 13.4. The van der Waals surface area contributed by atoms with Crippen molar-refractivity contribution in [1.82, 2.24) is 19.7 Å². The predicted molar refractivity (Wildman–Crippen MR) is 94.7 cm³/mol. The lowest BCUT2D eigenvalue weighted by Gasteiger charge is -2.06. The van der Waals surface area contributed by atoms with E-state index in [0.717, 1.165) is 11.3 Å². The lowest BCUT2D eigenvalue weighted by atomic mass is 10.1. The fourth-order valence-corrected chi connectivity index (χ4v) is 2.83. The second-order valence-corrected chi connectivity index (χ2v) is 6.08. The highest BCUT2D eigenvalue weighted by Crippen LogP contribution is 2.22. The molecule has 1 amide bonds. The second-order valence-electron chi connectivity index (χ2n) is 5.09. The van der Waals surface area contributed by atoms with Crippen LogP contribution in [0.1, 0.15) is 5.56 Å². The first-order valence-electron chi connectivity index (χ1n) is 7.39. The van der Waals surface area contributed by atoms with E-state index in [1.165, 1.54) is 29.0 Å².